The summed E-state index contributed by atoms with van der Waals surface area (Å²) in [6, 6.07) is 8.35. The standard InChI is InChI=1S/C21H26F3N5O2/c22-21(23,24)31-18-3-1-2-16(14-18)15-28-8-5-17(6-9-28)26-19-4-7-25-20(27-19)29-10-12-30-13-11-29/h1-4,7,14,17H,5-6,8-13,15H2,(H,25,26,27). The molecule has 0 atom stereocenters. The van der Waals surface area contributed by atoms with E-state index < -0.39 is 6.36 Å². The maximum atomic E-state index is 12.4. The average molecular weight is 437 g/mol. The summed E-state index contributed by atoms with van der Waals surface area (Å²) >= 11 is 0. The number of benzene rings is 1. The Morgan fingerprint density at radius 2 is 1.87 bits per heavy atom. The van der Waals surface area contributed by atoms with Crippen LogP contribution in [-0.2, 0) is 11.3 Å². The minimum absolute atomic E-state index is 0.179. The highest BCUT2D eigenvalue weighted by molar-refractivity contribution is 5.42. The second-order valence-corrected chi connectivity index (χ2v) is 7.73. The van der Waals surface area contributed by atoms with E-state index in [9.17, 15) is 13.2 Å². The van der Waals surface area contributed by atoms with Crippen molar-refractivity contribution >= 4 is 11.8 Å². The van der Waals surface area contributed by atoms with Gasteiger partial charge in [0.05, 0.1) is 13.2 Å². The second kappa shape index (κ2) is 9.69. The number of nitrogens with zero attached hydrogens (tertiary/aromatic N) is 4. The first-order chi connectivity index (χ1) is 14.9. The Hall–Kier alpha value is -2.59. The lowest BCUT2D eigenvalue weighted by molar-refractivity contribution is -0.274. The summed E-state index contributed by atoms with van der Waals surface area (Å²) in [5.41, 5.74) is 0.805. The van der Waals surface area contributed by atoms with Crippen molar-refractivity contribution in [2.24, 2.45) is 0 Å². The van der Waals surface area contributed by atoms with Crippen LogP contribution < -0.4 is 15.0 Å². The van der Waals surface area contributed by atoms with Crippen LogP contribution in [0.15, 0.2) is 36.5 Å². The zero-order valence-electron chi connectivity index (χ0n) is 17.1. The number of anilines is 2. The van der Waals surface area contributed by atoms with Gasteiger partial charge in [0.25, 0.3) is 0 Å². The zero-order valence-corrected chi connectivity index (χ0v) is 17.1. The third-order valence-corrected chi connectivity index (χ3v) is 5.41. The molecule has 168 valence electrons. The summed E-state index contributed by atoms with van der Waals surface area (Å²) in [7, 11) is 0. The van der Waals surface area contributed by atoms with Gasteiger partial charge < -0.3 is 19.7 Å². The summed E-state index contributed by atoms with van der Waals surface area (Å²) in [5.74, 6) is 1.35. The number of alkyl halides is 3. The molecule has 4 rings (SSSR count). The normalized spacial score (nSPS) is 18.7. The first kappa shape index (κ1) is 21.6. The third-order valence-electron chi connectivity index (χ3n) is 5.41. The van der Waals surface area contributed by atoms with Crippen molar-refractivity contribution in [3.8, 4) is 5.75 Å². The lowest BCUT2D eigenvalue weighted by Crippen LogP contribution is -2.39. The molecule has 0 unspecified atom stereocenters. The molecule has 1 aromatic carbocycles. The molecule has 2 aromatic rings. The Labute approximate surface area is 179 Å². The van der Waals surface area contributed by atoms with Gasteiger partial charge in [-0.1, -0.05) is 12.1 Å². The van der Waals surface area contributed by atoms with Crippen LogP contribution in [0.1, 0.15) is 18.4 Å². The number of likely N-dealkylation sites (tertiary alicyclic amines) is 1. The van der Waals surface area contributed by atoms with Gasteiger partial charge in [-0.15, -0.1) is 13.2 Å². The maximum absolute atomic E-state index is 12.4. The monoisotopic (exact) mass is 437 g/mol. The molecule has 0 saturated carbocycles. The van der Waals surface area contributed by atoms with Crippen molar-refractivity contribution in [2.75, 3.05) is 49.6 Å². The van der Waals surface area contributed by atoms with Crippen LogP contribution in [0.2, 0.25) is 0 Å². The van der Waals surface area contributed by atoms with Crippen molar-refractivity contribution in [1.29, 1.82) is 0 Å². The topological polar surface area (TPSA) is 62.8 Å². The van der Waals surface area contributed by atoms with E-state index in [4.69, 9.17) is 4.74 Å². The largest absolute Gasteiger partial charge is 0.573 e. The molecule has 3 heterocycles. The Morgan fingerprint density at radius 3 is 2.61 bits per heavy atom. The Balaban J connectivity index is 1.27. The number of nitrogens with one attached hydrogen (secondary N) is 1. The maximum Gasteiger partial charge on any atom is 0.573 e. The number of hydrogen-bond donors (Lipinski definition) is 1. The molecule has 2 saturated heterocycles. The quantitative estimate of drug-likeness (QED) is 0.744. The molecule has 2 aliphatic rings. The van der Waals surface area contributed by atoms with Crippen LogP contribution in [0.25, 0.3) is 0 Å². The number of morpholine rings is 1. The second-order valence-electron chi connectivity index (χ2n) is 7.73. The number of piperidine rings is 1. The van der Waals surface area contributed by atoms with Crippen molar-refractivity contribution < 1.29 is 22.6 Å². The fourth-order valence-corrected chi connectivity index (χ4v) is 3.89. The van der Waals surface area contributed by atoms with Gasteiger partial charge in [0.15, 0.2) is 0 Å². The van der Waals surface area contributed by atoms with Crippen LogP contribution in [0.3, 0.4) is 0 Å². The molecule has 1 N–H and O–H groups in total. The summed E-state index contributed by atoms with van der Waals surface area (Å²) in [6.45, 7) is 5.24. The van der Waals surface area contributed by atoms with E-state index in [1.54, 1.807) is 12.3 Å². The van der Waals surface area contributed by atoms with Gasteiger partial charge in [-0.05, 0) is 36.6 Å². The van der Waals surface area contributed by atoms with Gasteiger partial charge in [-0.2, -0.15) is 4.98 Å². The molecule has 2 fully saturated rings. The molecule has 2 aliphatic heterocycles. The zero-order chi connectivity index (χ0) is 21.7. The summed E-state index contributed by atoms with van der Waals surface area (Å²) in [6.07, 6.45) is -1.05. The Morgan fingerprint density at radius 1 is 1.10 bits per heavy atom. The first-order valence-corrected chi connectivity index (χ1v) is 10.4. The first-order valence-electron chi connectivity index (χ1n) is 10.4. The molecule has 0 spiro atoms. The summed E-state index contributed by atoms with van der Waals surface area (Å²) in [4.78, 5) is 13.4. The molecular formula is C21H26F3N5O2. The van der Waals surface area contributed by atoms with Crippen LogP contribution >= 0.6 is 0 Å². The minimum Gasteiger partial charge on any atom is -0.406 e. The van der Waals surface area contributed by atoms with E-state index in [0.29, 0.717) is 31.7 Å². The van der Waals surface area contributed by atoms with Crippen LogP contribution in [0.5, 0.6) is 5.75 Å². The van der Waals surface area contributed by atoms with E-state index >= 15 is 0 Å². The fraction of sp³-hybridized carbons (Fsp3) is 0.524. The molecule has 1 aromatic heterocycles. The smallest absolute Gasteiger partial charge is 0.406 e. The van der Waals surface area contributed by atoms with E-state index in [0.717, 1.165) is 50.4 Å². The number of hydrogen-bond acceptors (Lipinski definition) is 7. The molecule has 31 heavy (non-hydrogen) atoms. The third kappa shape index (κ3) is 6.44. The Kier molecular flexibility index (Phi) is 6.77. The van der Waals surface area contributed by atoms with E-state index in [2.05, 4.69) is 29.8 Å². The molecule has 10 heteroatoms. The van der Waals surface area contributed by atoms with Crippen LogP contribution in [0.4, 0.5) is 24.9 Å². The number of ether oxygens (including phenoxy) is 2. The van der Waals surface area contributed by atoms with Gasteiger partial charge in [-0.3, -0.25) is 4.90 Å². The number of halogens is 3. The van der Waals surface area contributed by atoms with Gasteiger partial charge in [-0.25, -0.2) is 4.98 Å². The van der Waals surface area contributed by atoms with Gasteiger partial charge in [0, 0.05) is 45.0 Å². The van der Waals surface area contributed by atoms with Crippen molar-refractivity contribution in [1.82, 2.24) is 14.9 Å². The molecular weight excluding hydrogens is 411 g/mol. The fourth-order valence-electron chi connectivity index (χ4n) is 3.89. The lowest BCUT2D eigenvalue weighted by Gasteiger charge is -2.33. The van der Waals surface area contributed by atoms with Gasteiger partial charge >= 0.3 is 6.36 Å². The van der Waals surface area contributed by atoms with E-state index in [1.165, 1.54) is 12.1 Å². The van der Waals surface area contributed by atoms with Crippen molar-refractivity contribution in [3.63, 3.8) is 0 Å². The summed E-state index contributed by atoms with van der Waals surface area (Å²) < 4.78 is 46.7. The number of aromatic nitrogens is 2. The summed E-state index contributed by atoms with van der Waals surface area (Å²) in [5, 5.41) is 3.50. The molecule has 0 radical (unpaired) electrons. The lowest BCUT2D eigenvalue weighted by atomic mass is 10.0. The average Bonchev–Trinajstić information content (AvgIpc) is 2.75. The molecule has 0 aliphatic carbocycles. The highest BCUT2D eigenvalue weighted by Crippen LogP contribution is 2.25. The molecule has 7 nitrogen and oxygen atoms in total. The predicted molar refractivity (Wildman–Crippen MR) is 110 cm³/mol. The van der Waals surface area contributed by atoms with Gasteiger partial charge in [0.2, 0.25) is 5.95 Å². The Bertz CT molecular complexity index is 853. The predicted octanol–water partition coefficient (Wildman–Crippen LogP) is 3.29. The van der Waals surface area contributed by atoms with Gasteiger partial charge in [0.1, 0.15) is 11.6 Å². The molecule has 0 amide bonds. The van der Waals surface area contributed by atoms with Crippen molar-refractivity contribution in [3.05, 3.63) is 42.1 Å². The SMILES string of the molecule is FC(F)(F)Oc1cccc(CN2CCC(Nc3ccnc(N4CCOCC4)n3)CC2)c1. The minimum atomic E-state index is -4.68. The van der Waals surface area contributed by atoms with E-state index in [1.807, 2.05) is 12.1 Å². The van der Waals surface area contributed by atoms with Crippen molar-refractivity contribution in [2.45, 2.75) is 31.8 Å². The van der Waals surface area contributed by atoms with E-state index in [-0.39, 0.29) is 5.75 Å². The molecule has 0 bridgehead atoms. The number of rotatable bonds is 6. The highest BCUT2D eigenvalue weighted by Gasteiger charge is 2.31. The van der Waals surface area contributed by atoms with Crippen LogP contribution in [0, 0.1) is 0 Å². The highest BCUT2D eigenvalue weighted by atomic mass is 19.4. The van der Waals surface area contributed by atoms with Crippen LogP contribution in [-0.4, -0.2) is 66.7 Å².